The number of fused-ring (bicyclic) bond motifs is 1. The third kappa shape index (κ3) is 2.40. The van der Waals surface area contributed by atoms with Gasteiger partial charge in [-0.3, -0.25) is 0 Å². The Hall–Kier alpha value is -2.28. The Bertz CT molecular complexity index is 738. The van der Waals surface area contributed by atoms with Crippen molar-refractivity contribution in [2.75, 3.05) is 25.9 Å². The van der Waals surface area contributed by atoms with Gasteiger partial charge in [-0.1, -0.05) is 17.4 Å². The van der Waals surface area contributed by atoms with Crippen LogP contribution in [0.3, 0.4) is 0 Å². The van der Waals surface area contributed by atoms with E-state index in [9.17, 15) is 4.79 Å². The van der Waals surface area contributed by atoms with Gasteiger partial charge >= 0.3 is 6.09 Å². The van der Waals surface area contributed by atoms with E-state index in [0.29, 0.717) is 30.4 Å². The summed E-state index contributed by atoms with van der Waals surface area (Å²) in [5.41, 5.74) is 8.77. The fourth-order valence-electron chi connectivity index (χ4n) is 2.50. The molecule has 7 heteroatoms. The van der Waals surface area contributed by atoms with Crippen molar-refractivity contribution < 1.29 is 14.6 Å². The molecule has 3 N–H and O–H groups in total. The van der Waals surface area contributed by atoms with Crippen LogP contribution in [0.1, 0.15) is 12.0 Å². The molecule has 0 bridgehead atoms. The summed E-state index contributed by atoms with van der Waals surface area (Å²) >= 11 is 1.42. The maximum atomic E-state index is 11.0. The first kappa shape index (κ1) is 13.7. The molecule has 110 valence electrons. The lowest BCUT2D eigenvalue weighted by Gasteiger charge is -2.24. The summed E-state index contributed by atoms with van der Waals surface area (Å²) in [5, 5.41) is 9.49. The molecule has 3 rings (SSSR count). The summed E-state index contributed by atoms with van der Waals surface area (Å²) in [6.07, 6.45) is 1.76. The molecule has 0 atom stereocenters. The SMILES string of the molecule is COc1ccc(C2=CCN(C(=O)O)CC2)c2sc(N)nc12. The van der Waals surface area contributed by atoms with E-state index in [1.54, 1.807) is 7.11 Å². The van der Waals surface area contributed by atoms with Crippen molar-refractivity contribution in [1.29, 1.82) is 0 Å². The van der Waals surface area contributed by atoms with Crippen LogP contribution in [0.25, 0.3) is 15.8 Å². The van der Waals surface area contributed by atoms with Gasteiger partial charge in [0, 0.05) is 13.1 Å². The van der Waals surface area contributed by atoms with E-state index < -0.39 is 6.09 Å². The van der Waals surface area contributed by atoms with Crippen LogP contribution in [0, 0.1) is 0 Å². The van der Waals surface area contributed by atoms with E-state index in [4.69, 9.17) is 15.6 Å². The highest BCUT2D eigenvalue weighted by atomic mass is 32.1. The van der Waals surface area contributed by atoms with Gasteiger partial charge in [0.25, 0.3) is 0 Å². The Morgan fingerprint density at radius 2 is 2.33 bits per heavy atom. The predicted octanol–water partition coefficient (Wildman–Crippen LogP) is 2.65. The van der Waals surface area contributed by atoms with Gasteiger partial charge in [0.1, 0.15) is 11.3 Å². The van der Waals surface area contributed by atoms with Crippen LogP contribution < -0.4 is 10.5 Å². The monoisotopic (exact) mass is 305 g/mol. The van der Waals surface area contributed by atoms with Crippen LogP contribution in [0.4, 0.5) is 9.93 Å². The number of nitrogen functional groups attached to an aromatic ring is 1. The maximum absolute atomic E-state index is 11.0. The standard InChI is InChI=1S/C14H15N3O3S/c1-20-10-3-2-9(12-11(10)16-13(15)21-12)8-4-6-17(7-5-8)14(18)19/h2-4H,5-7H2,1H3,(H2,15,16)(H,18,19). The number of carbonyl (C=O) groups is 1. The number of hydrogen-bond donors (Lipinski definition) is 2. The fourth-order valence-corrected chi connectivity index (χ4v) is 3.40. The van der Waals surface area contributed by atoms with Crippen LogP contribution in [0.15, 0.2) is 18.2 Å². The van der Waals surface area contributed by atoms with Crippen molar-refractivity contribution in [3.63, 3.8) is 0 Å². The van der Waals surface area contributed by atoms with Gasteiger partial charge in [0.2, 0.25) is 0 Å². The van der Waals surface area contributed by atoms with E-state index in [0.717, 1.165) is 21.4 Å². The Morgan fingerprint density at radius 3 is 2.95 bits per heavy atom. The summed E-state index contributed by atoms with van der Waals surface area (Å²) in [4.78, 5) is 16.7. The maximum Gasteiger partial charge on any atom is 0.407 e. The van der Waals surface area contributed by atoms with Crippen molar-refractivity contribution in [3.8, 4) is 5.75 Å². The van der Waals surface area contributed by atoms with Gasteiger partial charge in [0.15, 0.2) is 5.13 Å². The Labute approximate surface area is 125 Å². The number of rotatable bonds is 2. The summed E-state index contributed by atoms with van der Waals surface area (Å²) < 4.78 is 6.30. The van der Waals surface area contributed by atoms with E-state index in [2.05, 4.69) is 4.98 Å². The van der Waals surface area contributed by atoms with Gasteiger partial charge in [-0.15, -0.1) is 0 Å². The zero-order valence-corrected chi connectivity index (χ0v) is 12.3. The average molecular weight is 305 g/mol. The lowest BCUT2D eigenvalue weighted by atomic mass is 9.99. The molecule has 1 amide bonds. The molecule has 0 unspecified atom stereocenters. The topological polar surface area (TPSA) is 88.7 Å². The number of benzene rings is 1. The Morgan fingerprint density at radius 1 is 1.52 bits per heavy atom. The second-order valence-corrected chi connectivity index (χ2v) is 5.78. The van der Waals surface area contributed by atoms with Gasteiger partial charge in [0.05, 0.1) is 11.8 Å². The lowest BCUT2D eigenvalue weighted by molar-refractivity contribution is 0.150. The summed E-state index contributed by atoms with van der Waals surface area (Å²) in [6, 6.07) is 3.86. The van der Waals surface area contributed by atoms with E-state index in [1.165, 1.54) is 16.2 Å². The number of nitrogens with zero attached hydrogens (tertiary/aromatic N) is 2. The van der Waals surface area contributed by atoms with Crippen molar-refractivity contribution >= 4 is 38.4 Å². The molecule has 6 nitrogen and oxygen atoms in total. The lowest BCUT2D eigenvalue weighted by Crippen LogP contribution is -2.33. The second kappa shape index (κ2) is 5.25. The zero-order valence-electron chi connectivity index (χ0n) is 11.5. The van der Waals surface area contributed by atoms with Crippen molar-refractivity contribution in [3.05, 3.63) is 23.8 Å². The first-order valence-electron chi connectivity index (χ1n) is 6.50. The number of aromatic nitrogens is 1. The summed E-state index contributed by atoms with van der Waals surface area (Å²) in [7, 11) is 1.61. The highest BCUT2D eigenvalue weighted by Gasteiger charge is 2.20. The fraction of sp³-hybridized carbons (Fsp3) is 0.286. The molecule has 1 aromatic carbocycles. The number of amides is 1. The molecule has 0 saturated heterocycles. The number of carboxylic acid groups (broad SMARTS) is 1. The smallest absolute Gasteiger partial charge is 0.407 e. The molecule has 2 heterocycles. The predicted molar refractivity (Wildman–Crippen MR) is 82.8 cm³/mol. The minimum absolute atomic E-state index is 0.409. The Kier molecular flexibility index (Phi) is 3.42. The van der Waals surface area contributed by atoms with Crippen LogP contribution in [-0.2, 0) is 0 Å². The van der Waals surface area contributed by atoms with Crippen LogP contribution in [0.5, 0.6) is 5.75 Å². The molecule has 21 heavy (non-hydrogen) atoms. The molecule has 1 aromatic heterocycles. The van der Waals surface area contributed by atoms with Gasteiger partial charge < -0.3 is 20.5 Å². The zero-order chi connectivity index (χ0) is 15.0. The largest absolute Gasteiger partial charge is 0.494 e. The normalized spacial score (nSPS) is 15.1. The highest BCUT2D eigenvalue weighted by molar-refractivity contribution is 7.22. The van der Waals surface area contributed by atoms with Crippen LogP contribution in [0.2, 0.25) is 0 Å². The summed E-state index contributed by atoms with van der Waals surface area (Å²) in [5.74, 6) is 0.699. The molecule has 1 aliphatic rings. The summed E-state index contributed by atoms with van der Waals surface area (Å²) in [6.45, 7) is 0.912. The molecule has 0 fully saturated rings. The van der Waals surface area contributed by atoms with Crippen molar-refractivity contribution in [1.82, 2.24) is 9.88 Å². The van der Waals surface area contributed by atoms with E-state index >= 15 is 0 Å². The van der Waals surface area contributed by atoms with E-state index in [1.807, 2.05) is 18.2 Å². The quantitative estimate of drug-likeness (QED) is 0.890. The molecule has 2 aromatic rings. The number of methoxy groups -OCH3 is 1. The van der Waals surface area contributed by atoms with E-state index in [-0.39, 0.29) is 0 Å². The van der Waals surface area contributed by atoms with Gasteiger partial charge in [-0.25, -0.2) is 9.78 Å². The third-order valence-electron chi connectivity index (χ3n) is 3.57. The number of hydrogen-bond acceptors (Lipinski definition) is 5. The average Bonchev–Trinajstić information content (AvgIpc) is 2.87. The van der Waals surface area contributed by atoms with Crippen molar-refractivity contribution in [2.45, 2.75) is 6.42 Å². The highest BCUT2D eigenvalue weighted by Crippen LogP contribution is 2.38. The minimum atomic E-state index is -0.882. The number of thiazole rings is 1. The van der Waals surface area contributed by atoms with Crippen molar-refractivity contribution in [2.24, 2.45) is 0 Å². The first-order chi connectivity index (χ1) is 10.1. The van der Waals surface area contributed by atoms with Crippen LogP contribution in [-0.4, -0.2) is 41.3 Å². The Balaban J connectivity index is 2.04. The molecule has 1 aliphatic heterocycles. The third-order valence-corrected chi connectivity index (χ3v) is 4.49. The van der Waals surface area contributed by atoms with Gasteiger partial charge in [-0.05, 0) is 29.7 Å². The number of anilines is 1. The number of nitrogens with two attached hydrogens (primary N) is 1. The van der Waals surface area contributed by atoms with Gasteiger partial charge in [-0.2, -0.15) is 0 Å². The molecular formula is C14H15N3O3S. The molecule has 0 saturated carbocycles. The molecular weight excluding hydrogens is 290 g/mol. The second-order valence-electron chi connectivity index (χ2n) is 4.75. The minimum Gasteiger partial charge on any atom is -0.494 e. The number of ether oxygens (including phenoxy) is 1. The van der Waals surface area contributed by atoms with Crippen LogP contribution >= 0.6 is 11.3 Å². The molecule has 0 spiro atoms. The first-order valence-corrected chi connectivity index (χ1v) is 7.32. The molecule has 0 aliphatic carbocycles. The molecule has 0 radical (unpaired) electrons.